The smallest absolute Gasteiger partial charge is 0.192 e. The number of hydrogen-bond acceptors (Lipinski definition) is 3. The highest BCUT2D eigenvalue weighted by molar-refractivity contribution is 9.10. The molecule has 1 aromatic carbocycles. The summed E-state index contributed by atoms with van der Waals surface area (Å²) in [7, 11) is -1.70. The van der Waals surface area contributed by atoms with E-state index in [1.54, 1.807) is 0 Å². The Morgan fingerprint density at radius 3 is 2.36 bits per heavy atom. The van der Waals surface area contributed by atoms with Crippen LogP contribution in [0.2, 0.25) is 18.1 Å². The fourth-order valence-electron chi connectivity index (χ4n) is 1.93. The summed E-state index contributed by atoms with van der Waals surface area (Å²) in [6.45, 7) is 14.5. The second kappa shape index (κ2) is 8.59. The zero-order chi connectivity index (χ0) is 16.8. The SMILES string of the molecule is CC(C)(C)[Si](C)(C)OCCN(CCO)Cc1ccccc1Br. The molecule has 22 heavy (non-hydrogen) atoms. The van der Waals surface area contributed by atoms with Gasteiger partial charge in [0.05, 0.1) is 6.61 Å². The topological polar surface area (TPSA) is 32.7 Å². The van der Waals surface area contributed by atoms with Gasteiger partial charge in [0.1, 0.15) is 0 Å². The third kappa shape index (κ3) is 6.12. The number of aliphatic hydroxyl groups is 1. The van der Waals surface area contributed by atoms with Crippen LogP contribution in [0.3, 0.4) is 0 Å². The Kier molecular flexibility index (Phi) is 7.75. The molecule has 0 aliphatic carbocycles. The molecule has 3 nitrogen and oxygen atoms in total. The van der Waals surface area contributed by atoms with E-state index in [1.165, 1.54) is 5.56 Å². The lowest BCUT2D eigenvalue weighted by Gasteiger charge is -2.36. The van der Waals surface area contributed by atoms with Crippen molar-refractivity contribution >= 4 is 24.2 Å². The second-order valence-electron chi connectivity index (χ2n) is 7.20. The summed E-state index contributed by atoms with van der Waals surface area (Å²) < 4.78 is 7.36. The molecule has 0 aromatic heterocycles. The third-order valence-corrected chi connectivity index (χ3v) is 9.76. The predicted octanol–water partition coefficient (Wildman–Crippen LogP) is 4.27. The van der Waals surface area contributed by atoms with Gasteiger partial charge in [0.25, 0.3) is 0 Å². The molecule has 0 heterocycles. The number of hydrogen-bond donors (Lipinski definition) is 1. The lowest BCUT2D eigenvalue weighted by Crippen LogP contribution is -2.43. The molecule has 0 aliphatic rings. The largest absolute Gasteiger partial charge is 0.416 e. The molecule has 0 bridgehead atoms. The van der Waals surface area contributed by atoms with Crippen LogP contribution in [0.5, 0.6) is 0 Å². The molecule has 126 valence electrons. The van der Waals surface area contributed by atoms with E-state index >= 15 is 0 Å². The minimum absolute atomic E-state index is 0.171. The molecule has 0 radical (unpaired) electrons. The standard InChI is InChI=1S/C17H30BrNO2Si/c1-17(2,3)22(4,5)21-13-11-19(10-12-20)14-15-8-6-7-9-16(15)18/h6-9,20H,10-14H2,1-5H3. The number of nitrogens with zero attached hydrogens (tertiary/aromatic N) is 1. The van der Waals surface area contributed by atoms with Crippen molar-refractivity contribution in [2.24, 2.45) is 0 Å². The highest BCUT2D eigenvalue weighted by atomic mass is 79.9. The molecule has 1 aromatic rings. The molecule has 1 N–H and O–H groups in total. The van der Waals surface area contributed by atoms with Crippen LogP contribution >= 0.6 is 15.9 Å². The van der Waals surface area contributed by atoms with E-state index in [-0.39, 0.29) is 11.6 Å². The van der Waals surface area contributed by atoms with Crippen LogP contribution in [0, 0.1) is 0 Å². The Labute approximate surface area is 144 Å². The number of benzene rings is 1. The van der Waals surface area contributed by atoms with Gasteiger partial charge in [0, 0.05) is 30.7 Å². The van der Waals surface area contributed by atoms with Crippen molar-refractivity contribution in [3.63, 3.8) is 0 Å². The van der Waals surface area contributed by atoms with Crippen LogP contribution in [0.1, 0.15) is 26.3 Å². The highest BCUT2D eigenvalue weighted by Crippen LogP contribution is 2.36. The van der Waals surface area contributed by atoms with Gasteiger partial charge in [0.15, 0.2) is 8.32 Å². The number of halogens is 1. The summed E-state index contributed by atoms with van der Waals surface area (Å²) in [5, 5.41) is 9.52. The van der Waals surface area contributed by atoms with E-state index in [1.807, 2.05) is 12.1 Å². The summed E-state index contributed by atoms with van der Waals surface area (Å²) in [5.74, 6) is 0. The zero-order valence-electron chi connectivity index (χ0n) is 14.5. The van der Waals surface area contributed by atoms with E-state index in [9.17, 15) is 5.11 Å². The molecule has 0 saturated carbocycles. The summed E-state index contributed by atoms with van der Waals surface area (Å²) in [6.07, 6.45) is 0. The maximum Gasteiger partial charge on any atom is 0.192 e. The van der Waals surface area contributed by atoms with Crippen molar-refractivity contribution in [1.29, 1.82) is 0 Å². The fraction of sp³-hybridized carbons (Fsp3) is 0.647. The average Bonchev–Trinajstić information content (AvgIpc) is 2.40. The van der Waals surface area contributed by atoms with Crippen LogP contribution in [-0.2, 0) is 11.0 Å². The van der Waals surface area contributed by atoms with Crippen LogP contribution in [0.25, 0.3) is 0 Å². The van der Waals surface area contributed by atoms with Crippen LogP contribution < -0.4 is 0 Å². The lowest BCUT2D eigenvalue weighted by molar-refractivity contribution is 0.157. The Bertz CT molecular complexity index is 460. The first kappa shape index (κ1) is 19.8. The van der Waals surface area contributed by atoms with Gasteiger partial charge in [-0.1, -0.05) is 54.9 Å². The number of aliphatic hydroxyl groups excluding tert-OH is 1. The van der Waals surface area contributed by atoms with E-state index in [4.69, 9.17) is 4.43 Å². The van der Waals surface area contributed by atoms with Crippen LogP contribution in [-0.4, -0.2) is 44.6 Å². The average molecular weight is 388 g/mol. The molecule has 0 fully saturated rings. The van der Waals surface area contributed by atoms with Crippen molar-refractivity contribution < 1.29 is 9.53 Å². The van der Waals surface area contributed by atoms with Gasteiger partial charge in [-0.3, -0.25) is 4.90 Å². The first-order chi connectivity index (χ1) is 10.2. The minimum atomic E-state index is -1.70. The Balaban J connectivity index is 2.57. The van der Waals surface area contributed by atoms with Crippen molar-refractivity contribution in [2.45, 2.75) is 45.4 Å². The van der Waals surface area contributed by atoms with Gasteiger partial charge in [0.2, 0.25) is 0 Å². The first-order valence-electron chi connectivity index (χ1n) is 7.88. The molecule has 0 amide bonds. The van der Waals surface area contributed by atoms with Crippen molar-refractivity contribution in [1.82, 2.24) is 4.90 Å². The monoisotopic (exact) mass is 387 g/mol. The Morgan fingerprint density at radius 1 is 1.18 bits per heavy atom. The summed E-state index contributed by atoms with van der Waals surface area (Å²) in [5.41, 5.74) is 1.24. The zero-order valence-corrected chi connectivity index (χ0v) is 17.1. The third-order valence-electron chi connectivity index (χ3n) is 4.44. The van der Waals surface area contributed by atoms with Crippen LogP contribution in [0.15, 0.2) is 28.7 Å². The lowest BCUT2D eigenvalue weighted by atomic mass is 10.2. The Hall–Kier alpha value is -0.203. The molecular weight excluding hydrogens is 358 g/mol. The highest BCUT2D eigenvalue weighted by Gasteiger charge is 2.36. The van der Waals surface area contributed by atoms with E-state index in [2.05, 4.69) is 66.8 Å². The predicted molar refractivity (Wildman–Crippen MR) is 99.7 cm³/mol. The number of rotatable bonds is 8. The summed E-state index contributed by atoms with van der Waals surface area (Å²) in [6, 6.07) is 8.23. The molecule has 5 heteroatoms. The molecule has 0 aliphatic heterocycles. The minimum Gasteiger partial charge on any atom is -0.416 e. The first-order valence-corrected chi connectivity index (χ1v) is 11.6. The molecule has 0 saturated heterocycles. The van der Waals surface area contributed by atoms with Gasteiger partial charge >= 0.3 is 0 Å². The van der Waals surface area contributed by atoms with Crippen molar-refractivity contribution in [3.05, 3.63) is 34.3 Å². The quantitative estimate of drug-likeness (QED) is 0.676. The second-order valence-corrected chi connectivity index (χ2v) is 12.9. The normalized spacial score (nSPS) is 12.9. The summed E-state index contributed by atoms with van der Waals surface area (Å²) >= 11 is 3.59. The summed E-state index contributed by atoms with van der Waals surface area (Å²) in [4.78, 5) is 2.24. The van der Waals surface area contributed by atoms with E-state index in [0.717, 1.165) is 24.2 Å². The van der Waals surface area contributed by atoms with Gasteiger partial charge in [-0.25, -0.2) is 0 Å². The van der Waals surface area contributed by atoms with Gasteiger partial charge in [-0.15, -0.1) is 0 Å². The van der Waals surface area contributed by atoms with Gasteiger partial charge < -0.3 is 9.53 Å². The van der Waals surface area contributed by atoms with E-state index in [0.29, 0.717) is 6.54 Å². The maximum absolute atomic E-state index is 9.29. The fourth-order valence-corrected chi connectivity index (χ4v) is 3.37. The van der Waals surface area contributed by atoms with Gasteiger partial charge in [-0.05, 0) is 29.8 Å². The molecular formula is C17H30BrNO2Si. The van der Waals surface area contributed by atoms with Crippen molar-refractivity contribution in [3.8, 4) is 0 Å². The maximum atomic E-state index is 9.29. The molecule has 1 rings (SSSR count). The molecule has 0 spiro atoms. The van der Waals surface area contributed by atoms with Crippen LogP contribution in [0.4, 0.5) is 0 Å². The van der Waals surface area contributed by atoms with E-state index < -0.39 is 8.32 Å². The Morgan fingerprint density at radius 2 is 1.82 bits per heavy atom. The molecule has 0 unspecified atom stereocenters. The van der Waals surface area contributed by atoms with Crippen molar-refractivity contribution in [2.75, 3.05) is 26.3 Å². The molecule has 0 atom stereocenters. The van der Waals surface area contributed by atoms with Gasteiger partial charge in [-0.2, -0.15) is 0 Å².